The number of rotatable bonds is 6. The number of methoxy groups -OCH3 is 1. The first kappa shape index (κ1) is 19.2. The molecule has 0 radical (unpaired) electrons. The second-order valence-electron chi connectivity index (χ2n) is 5.65. The van der Waals surface area contributed by atoms with Crippen molar-refractivity contribution in [3.8, 4) is 0 Å². The molecular formula is C20H20O6. The molecule has 26 heavy (non-hydrogen) atoms. The highest BCUT2D eigenvalue weighted by Gasteiger charge is 2.27. The van der Waals surface area contributed by atoms with Gasteiger partial charge in [0.05, 0.1) is 18.2 Å². The molecule has 0 aliphatic carbocycles. The molecular weight excluding hydrogens is 336 g/mol. The van der Waals surface area contributed by atoms with Crippen LogP contribution >= 0.6 is 0 Å². The Morgan fingerprint density at radius 1 is 0.846 bits per heavy atom. The van der Waals surface area contributed by atoms with E-state index in [0.717, 1.165) is 5.56 Å². The molecule has 0 aliphatic rings. The minimum atomic E-state index is -1.35. The Hall–Kier alpha value is -3.15. The topological polar surface area (TPSA) is 78.9 Å². The SMILES string of the molecule is COC(=O)[C@@H](COC(=O)c1ccccc1C)OC(=O)c1ccccc1C. The molecule has 0 heterocycles. The molecule has 0 N–H and O–H groups in total. The van der Waals surface area contributed by atoms with Crippen molar-refractivity contribution in [1.29, 1.82) is 0 Å². The number of benzene rings is 2. The Balaban J connectivity index is 2.07. The first-order chi connectivity index (χ1) is 12.4. The highest BCUT2D eigenvalue weighted by Crippen LogP contribution is 2.13. The van der Waals surface area contributed by atoms with E-state index < -0.39 is 30.6 Å². The van der Waals surface area contributed by atoms with Crippen LogP contribution in [-0.4, -0.2) is 37.7 Å². The van der Waals surface area contributed by atoms with E-state index in [2.05, 4.69) is 4.74 Å². The maximum atomic E-state index is 12.3. The van der Waals surface area contributed by atoms with Crippen molar-refractivity contribution >= 4 is 17.9 Å². The van der Waals surface area contributed by atoms with Crippen molar-refractivity contribution in [2.45, 2.75) is 20.0 Å². The molecule has 6 nitrogen and oxygen atoms in total. The Morgan fingerprint density at radius 3 is 1.85 bits per heavy atom. The summed E-state index contributed by atoms with van der Waals surface area (Å²) in [5.74, 6) is -2.10. The third-order valence-corrected chi connectivity index (χ3v) is 3.81. The average Bonchev–Trinajstić information content (AvgIpc) is 2.64. The number of esters is 3. The summed E-state index contributed by atoms with van der Waals surface area (Å²) in [7, 11) is 1.17. The Labute approximate surface area is 151 Å². The van der Waals surface area contributed by atoms with E-state index in [4.69, 9.17) is 9.47 Å². The van der Waals surface area contributed by atoms with Gasteiger partial charge in [0.1, 0.15) is 6.61 Å². The van der Waals surface area contributed by atoms with Gasteiger partial charge in [-0.1, -0.05) is 36.4 Å². The van der Waals surface area contributed by atoms with E-state index in [-0.39, 0.29) is 0 Å². The van der Waals surface area contributed by atoms with Gasteiger partial charge in [-0.05, 0) is 37.1 Å². The summed E-state index contributed by atoms with van der Waals surface area (Å²) in [5.41, 5.74) is 2.15. The van der Waals surface area contributed by atoms with E-state index >= 15 is 0 Å². The number of carbonyl (C=O) groups excluding carboxylic acids is 3. The van der Waals surface area contributed by atoms with Crippen LogP contribution in [0.5, 0.6) is 0 Å². The number of hydrogen-bond acceptors (Lipinski definition) is 6. The van der Waals surface area contributed by atoms with Gasteiger partial charge in [0.2, 0.25) is 6.10 Å². The second-order valence-corrected chi connectivity index (χ2v) is 5.65. The van der Waals surface area contributed by atoms with Crippen LogP contribution in [0.25, 0.3) is 0 Å². The van der Waals surface area contributed by atoms with Crippen LogP contribution < -0.4 is 0 Å². The van der Waals surface area contributed by atoms with Gasteiger partial charge in [0.25, 0.3) is 0 Å². The molecule has 2 aromatic carbocycles. The molecule has 136 valence electrons. The zero-order valence-corrected chi connectivity index (χ0v) is 14.9. The zero-order chi connectivity index (χ0) is 19.1. The lowest BCUT2D eigenvalue weighted by atomic mass is 10.1. The summed E-state index contributed by atoms with van der Waals surface area (Å²) in [6.45, 7) is 3.09. The lowest BCUT2D eigenvalue weighted by Gasteiger charge is -2.17. The number of aryl methyl sites for hydroxylation is 2. The highest BCUT2D eigenvalue weighted by molar-refractivity contribution is 5.93. The molecule has 0 saturated heterocycles. The molecule has 0 bridgehead atoms. The van der Waals surface area contributed by atoms with Crippen molar-refractivity contribution in [2.24, 2.45) is 0 Å². The summed E-state index contributed by atoms with van der Waals surface area (Å²) in [6.07, 6.45) is -1.35. The molecule has 2 rings (SSSR count). The average molecular weight is 356 g/mol. The lowest BCUT2D eigenvalue weighted by molar-refractivity contribution is -0.153. The minimum absolute atomic E-state index is 0.326. The lowest BCUT2D eigenvalue weighted by Crippen LogP contribution is -2.34. The predicted octanol–water partition coefficient (Wildman–Crippen LogP) is 2.86. The third kappa shape index (κ3) is 4.69. The van der Waals surface area contributed by atoms with Crippen LogP contribution in [0.15, 0.2) is 48.5 Å². The van der Waals surface area contributed by atoms with Crippen LogP contribution in [-0.2, 0) is 19.0 Å². The Bertz CT molecular complexity index is 811. The van der Waals surface area contributed by atoms with E-state index in [0.29, 0.717) is 16.7 Å². The van der Waals surface area contributed by atoms with Crippen LogP contribution in [0.4, 0.5) is 0 Å². The van der Waals surface area contributed by atoms with Crippen molar-refractivity contribution < 1.29 is 28.6 Å². The smallest absolute Gasteiger partial charge is 0.350 e. The fourth-order valence-electron chi connectivity index (χ4n) is 2.31. The maximum Gasteiger partial charge on any atom is 0.350 e. The fourth-order valence-corrected chi connectivity index (χ4v) is 2.31. The maximum absolute atomic E-state index is 12.3. The molecule has 0 fully saturated rings. The molecule has 0 amide bonds. The van der Waals surface area contributed by atoms with Gasteiger partial charge in [0.15, 0.2) is 0 Å². The molecule has 0 aromatic heterocycles. The highest BCUT2D eigenvalue weighted by atomic mass is 16.6. The van der Waals surface area contributed by atoms with Gasteiger partial charge >= 0.3 is 17.9 Å². The first-order valence-corrected chi connectivity index (χ1v) is 8.01. The number of carbonyl (C=O) groups is 3. The van der Waals surface area contributed by atoms with Crippen molar-refractivity contribution in [3.63, 3.8) is 0 Å². The third-order valence-electron chi connectivity index (χ3n) is 3.81. The molecule has 1 atom stereocenters. The van der Waals surface area contributed by atoms with E-state index in [9.17, 15) is 14.4 Å². The van der Waals surface area contributed by atoms with Crippen LogP contribution in [0.1, 0.15) is 31.8 Å². The van der Waals surface area contributed by atoms with Gasteiger partial charge < -0.3 is 14.2 Å². The van der Waals surface area contributed by atoms with Gasteiger partial charge in [-0.3, -0.25) is 0 Å². The standard InChI is InChI=1S/C20H20O6/c1-13-8-4-6-10-15(13)18(21)25-12-17(20(23)24-3)26-19(22)16-11-7-5-9-14(16)2/h4-11,17H,12H2,1-3H3/t17-/m1/s1. The predicted molar refractivity (Wildman–Crippen MR) is 93.9 cm³/mol. The second kappa shape index (κ2) is 8.80. The largest absolute Gasteiger partial charge is 0.466 e. The summed E-state index contributed by atoms with van der Waals surface area (Å²) in [6, 6.07) is 13.7. The van der Waals surface area contributed by atoms with Crippen LogP contribution in [0.3, 0.4) is 0 Å². The summed E-state index contributed by atoms with van der Waals surface area (Å²) < 4.78 is 15.0. The Kier molecular flexibility index (Phi) is 6.49. The monoisotopic (exact) mass is 356 g/mol. The number of hydrogen-bond donors (Lipinski definition) is 0. The minimum Gasteiger partial charge on any atom is -0.466 e. The van der Waals surface area contributed by atoms with Gasteiger partial charge in [-0.15, -0.1) is 0 Å². The van der Waals surface area contributed by atoms with E-state index in [1.807, 2.05) is 0 Å². The van der Waals surface area contributed by atoms with E-state index in [1.54, 1.807) is 62.4 Å². The molecule has 0 spiro atoms. The van der Waals surface area contributed by atoms with Crippen molar-refractivity contribution in [1.82, 2.24) is 0 Å². The molecule has 0 aliphatic heterocycles. The fraction of sp³-hybridized carbons (Fsp3) is 0.250. The normalized spacial score (nSPS) is 11.3. The Morgan fingerprint density at radius 2 is 1.35 bits per heavy atom. The number of ether oxygens (including phenoxy) is 3. The first-order valence-electron chi connectivity index (χ1n) is 8.01. The molecule has 2 aromatic rings. The van der Waals surface area contributed by atoms with Crippen molar-refractivity contribution in [3.05, 3.63) is 70.8 Å². The summed E-state index contributed by atoms with van der Waals surface area (Å²) in [5, 5.41) is 0. The van der Waals surface area contributed by atoms with Crippen molar-refractivity contribution in [2.75, 3.05) is 13.7 Å². The molecule has 0 unspecified atom stereocenters. The van der Waals surface area contributed by atoms with Gasteiger partial charge in [-0.2, -0.15) is 0 Å². The van der Waals surface area contributed by atoms with Crippen LogP contribution in [0, 0.1) is 13.8 Å². The summed E-state index contributed by atoms with van der Waals surface area (Å²) >= 11 is 0. The van der Waals surface area contributed by atoms with Crippen LogP contribution in [0.2, 0.25) is 0 Å². The van der Waals surface area contributed by atoms with Gasteiger partial charge in [-0.25, -0.2) is 14.4 Å². The zero-order valence-electron chi connectivity index (χ0n) is 14.9. The van der Waals surface area contributed by atoms with E-state index in [1.165, 1.54) is 7.11 Å². The van der Waals surface area contributed by atoms with Gasteiger partial charge in [0, 0.05) is 0 Å². The molecule has 0 saturated carbocycles. The quantitative estimate of drug-likeness (QED) is 0.585. The molecule has 6 heteroatoms. The summed E-state index contributed by atoms with van der Waals surface area (Å²) in [4.78, 5) is 36.4.